The lowest BCUT2D eigenvalue weighted by atomic mass is 9.75. The number of aliphatic carboxylic acids is 1. The normalized spacial score (nSPS) is 17.5. The van der Waals surface area contributed by atoms with Crippen LogP contribution in [-0.4, -0.2) is 35.9 Å². The van der Waals surface area contributed by atoms with Crippen molar-refractivity contribution in [3.63, 3.8) is 0 Å². The minimum absolute atomic E-state index is 0.360. The molecule has 1 aliphatic rings. The largest absolute Gasteiger partial charge is 0.481 e. The predicted molar refractivity (Wildman–Crippen MR) is 97.8 cm³/mol. The molecule has 0 aliphatic carbocycles. The smallest absolute Gasteiger partial charge is 0.316 e. The molecule has 1 heterocycles. The van der Waals surface area contributed by atoms with Crippen LogP contribution in [0.5, 0.6) is 0 Å². The molecular weight excluding hydrogens is 302 g/mol. The number of hydrogen-bond acceptors (Lipinski definition) is 3. The summed E-state index contributed by atoms with van der Waals surface area (Å²) in [6, 6.07) is 5.99. The standard InChI is InChI=1S/C20H31NO3/c1-3-5-10-16-17(20(4-2,15-22)19(23)24)11-9-12-18(16)21-13-7-6-8-14-21/h9,11-12,22H,3-8,10,13-15H2,1-2H3,(H,23,24). The Kier molecular flexibility index (Phi) is 6.67. The van der Waals surface area contributed by atoms with Crippen molar-refractivity contribution in [1.29, 1.82) is 0 Å². The van der Waals surface area contributed by atoms with Gasteiger partial charge in [0, 0.05) is 18.8 Å². The number of carbonyl (C=O) groups is 1. The van der Waals surface area contributed by atoms with Gasteiger partial charge in [0.25, 0.3) is 0 Å². The van der Waals surface area contributed by atoms with Crippen LogP contribution in [-0.2, 0) is 16.6 Å². The van der Waals surface area contributed by atoms with Crippen molar-refractivity contribution in [3.8, 4) is 0 Å². The minimum Gasteiger partial charge on any atom is -0.481 e. The van der Waals surface area contributed by atoms with Gasteiger partial charge in [-0.25, -0.2) is 0 Å². The van der Waals surface area contributed by atoms with Crippen molar-refractivity contribution in [3.05, 3.63) is 29.3 Å². The van der Waals surface area contributed by atoms with E-state index in [1.165, 1.54) is 24.9 Å². The SMILES string of the molecule is CCCCc1c(N2CCCCC2)cccc1C(CC)(CO)C(=O)O. The molecule has 1 atom stereocenters. The van der Waals surface area contributed by atoms with Gasteiger partial charge in [-0.1, -0.05) is 32.4 Å². The van der Waals surface area contributed by atoms with E-state index in [1.54, 1.807) is 0 Å². The van der Waals surface area contributed by atoms with E-state index in [1.807, 2.05) is 19.1 Å². The predicted octanol–water partition coefficient (Wildman–Crippen LogP) is 3.74. The molecule has 0 spiro atoms. The van der Waals surface area contributed by atoms with E-state index in [2.05, 4.69) is 17.9 Å². The molecule has 1 fully saturated rings. The fraction of sp³-hybridized carbons (Fsp3) is 0.650. The first-order chi connectivity index (χ1) is 11.6. The van der Waals surface area contributed by atoms with Crippen molar-refractivity contribution >= 4 is 11.7 Å². The second kappa shape index (κ2) is 8.52. The molecule has 134 valence electrons. The van der Waals surface area contributed by atoms with Crippen LogP contribution in [0.25, 0.3) is 0 Å². The Balaban J connectivity index is 2.55. The van der Waals surface area contributed by atoms with Crippen LogP contribution in [0.3, 0.4) is 0 Å². The molecule has 0 aromatic heterocycles. The Morgan fingerprint density at radius 3 is 2.46 bits per heavy atom. The highest BCUT2D eigenvalue weighted by Gasteiger charge is 2.40. The number of unbranched alkanes of at least 4 members (excludes halogenated alkanes) is 1. The molecule has 1 unspecified atom stereocenters. The fourth-order valence-corrected chi connectivity index (χ4v) is 3.79. The number of carboxylic acids is 1. The molecule has 1 aromatic rings. The number of hydrogen-bond donors (Lipinski definition) is 2. The highest BCUT2D eigenvalue weighted by atomic mass is 16.4. The van der Waals surface area contributed by atoms with Gasteiger partial charge in [0.15, 0.2) is 0 Å². The monoisotopic (exact) mass is 333 g/mol. The van der Waals surface area contributed by atoms with Gasteiger partial charge in [0.2, 0.25) is 0 Å². The molecule has 1 saturated heterocycles. The number of nitrogens with zero attached hydrogens (tertiary/aromatic N) is 1. The topological polar surface area (TPSA) is 60.8 Å². The molecule has 0 amide bonds. The third-order valence-electron chi connectivity index (χ3n) is 5.43. The van der Waals surface area contributed by atoms with Crippen LogP contribution in [0.15, 0.2) is 18.2 Å². The van der Waals surface area contributed by atoms with Crippen LogP contribution in [0.4, 0.5) is 5.69 Å². The number of anilines is 1. The highest BCUT2D eigenvalue weighted by Crippen LogP contribution is 2.37. The van der Waals surface area contributed by atoms with Crippen molar-refractivity contribution in [2.24, 2.45) is 0 Å². The Morgan fingerprint density at radius 1 is 1.21 bits per heavy atom. The molecule has 0 bridgehead atoms. The second-order valence-electron chi connectivity index (χ2n) is 6.85. The Hall–Kier alpha value is -1.55. The van der Waals surface area contributed by atoms with E-state index in [4.69, 9.17) is 0 Å². The number of carboxylic acid groups (broad SMARTS) is 1. The molecule has 24 heavy (non-hydrogen) atoms. The van der Waals surface area contributed by atoms with Crippen molar-refractivity contribution < 1.29 is 15.0 Å². The molecule has 2 N–H and O–H groups in total. The lowest BCUT2D eigenvalue weighted by Gasteiger charge is -2.35. The summed E-state index contributed by atoms with van der Waals surface area (Å²) in [5, 5.41) is 19.8. The first-order valence-electron chi connectivity index (χ1n) is 9.32. The Bertz CT molecular complexity index is 546. The van der Waals surface area contributed by atoms with Gasteiger partial charge in [-0.3, -0.25) is 4.79 Å². The summed E-state index contributed by atoms with van der Waals surface area (Å²) in [7, 11) is 0. The van der Waals surface area contributed by atoms with E-state index in [-0.39, 0.29) is 6.61 Å². The average molecular weight is 333 g/mol. The van der Waals surface area contributed by atoms with Crippen LogP contribution < -0.4 is 4.90 Å². The fourth-order valence-electron chi connectivity index (χ4n) is 3.79. The van der Waals surface area contributed by atoms with Crippen LogP contribution in [0, 0.1) is 0 Å². The van der Waals surface area contributed by atoms with E-state index >= 15 is 0 Å². The maximum Gasteiger partial charge on any atom is 0.316 e. The van der Waals surface area contributed by atoms with E-state index in [0.29, 0.717) is 6.42 Å². The quantitative estimate of drug-likeness (QED) is 0.761. The minimum atomic E-state index is -1.20. The Labute approximate surface area is 145 Å². The molecule has 1 aromatic carbocycles. The molecule has 2 rings (SSSR count). The lowest BCUT2D eigenvalue weighted by molar-refractivity contribution is -0.145. The zero-order chi connectivity index (χ0) is 17.6. The number of aliphatic hydroxyl groups is 1. The number of piperidine rings is 1. The van der Waals surface area contributed by atoms with Crippen molar-refractivity contribution in [2.45, 2.75) is 64.2 Å². The third-order valence-corrected chi connectivity index (χ3v) is 5.43. The maximum atomic E-state index is 12.0. The average Bonchev–Trinajstić information content (AvgIpc) is 2.62. The van der Waals surface area contributed by atoms with Gasteiger partial charge in [0.05, 0.1) is 6.61 Å². The Morgan fingerprint density at radius 2 is 1.92 bits per heavy atom. The van der Waals surface area contributed by atoms with Gasteiger partial charge in [-0.05, 0) is 55.7 Å². The van der Waals surface area contributed by atoms with E-state index < -0.39 is 11.4 Å². The van der Waals surface area contributed by atoms with Crippen LogP contribution in [0.1, 0.15) is 63.5 Å². The maximum absolute atomic E-state index is 12.0. The summed E-state index contributed by atoms with van der Waals surface area (Å²) in [5.74, 6) is -0.930. The van der Waals surface area contributed by atoms with E-state index in [0.717, 1.165) is 43.5 Å². The van der Waals surface area contributed by atoms with Crippen molar-refractivity contribution in [2.75, 3.05) is 24.6 Å². The second-order valence-corrected chi connectivity index (χ2v) is 6.85. The molecular formula is C20H31NO3. The van der Waals surface area contributed by atoms with Crippen molar-refractivity contribution in [1.82, 2.24) is 0 Å². The van der Waals surface area contributed by atoms with E-state index in [9.17, 15) is 15.0 Å². The van der Waals surface area contributed by atoms with Crippen LogP contribution >= 0.6 is 0 Å². The van der Waals surface area contributed by atoms with Gasteiger partial charge in [0.1, 0.15) is 5.41 Å². The van der Waals surface area contributed by atoms with Gasteiger partial charge in [-0.2, -0.15) is 0 Å². The zero-order valence-electron chi connectivity index (χ0n) is 15.1. The molecule has 1 aliphatic heterocycles. The summed E-state index contributed by atoms with van der Waals surface area (Å²) in [6.45, 7) is 5.71. The molecule has 0 radical (unpaired) electrons. The molecule has 0 saturated carbocycles. The van der Waals surface area contributed by atoms with Gasteiger partial charge in [-0.15, -0.1) is 0 Å². The number of benzene rings is 1. The summed E-state index contributed by atoms with van der Waals surface area (Å²) >= 11 is 0. The molecule has 4 heteroatoms. The summed E-state index contributed by atoms with van der Waals surface area (Å²) in [4.78, 5) is 14.4. The number of aliphatic hydroxyl groups excluding tert-OH is 1. The summed E-state index contributed by atoms with van der Waals surface area (Å²) < 4.78 is 0. The zero-order valence-corrected chi connectivity index (χ0v) is 15.1. The summed E-state index contributed by atoms with van der Waals surface area (Å²) in [6.07, 6.45) is 7.01. The molecule has 4 nitrogen and oxygen atoms in total. The number of rotatable bonds is 8. The van der Waals surface area contributed by atoms with Gasteiger partial charge >= 0.3 is 5.97 Å². The summed E-state index contributed by atoms with van der Waals surface area (Å²) in [5.41, 5.74) is 1.90. The first kappa shape index (κ1) is 18.8. The first-order valence-corrected chi connectivity index (χ1v) is 9.32. The highest BCUT2D eigenvalue weighted by molar-refractivity contribution is 5.83. The van der Waals surface area contributed by atoms with Crippen LogP contribution in [0.2, 0.25) is 0 Å². The van der Waals surface area contributed by atoms with Gasteiger partial charge < -0.3 is 15.1 Å². The lowest BCUT2D eigenvalue weighted by Crippen LogP contribution is -2.40. The third kappa shape index (κ3) is 3.59.